The van der Waals surface area contributed by atoms with Crippen LogP contribution in [0.4, 0.5) is 0 Å². The number of nitrogens with zero attached hydrogens (tertiary/aromatic N) is 2. The van der Waals surface area contributed by atoms with E-state index in [1.807, 2.05) is 6.92 Å². The van der Waals surface area contributed by atoms with Crippen LogP contribution in [-0.4, -0.2) is 15.6 Å². The Labute approximate surface area is 116 Å². The van der Waals surface area contributed by atoms with E-state index < -0.39 is 0 Å². The highest BCUT2D eigenvalue weighted by Crippen LogP contribution is 2.21. The molecule has 5 heteroatoms. The number of carbonyl (C=O) groups is 1. The molecular formula is C14H15ClN2O2. The Morgan fingerprint density at radius 3 is 2.47 bits per heavy atom. The molecule has 0 spiro atoms. The molecule has 1 aromatic carbocycles. The van der Waals surface area contributed by atoms with Crippen molar-refractivity contribution in [2.45, 2.75) is 20.5 Å². The molecule has 0 atom stereocenters. The van der Waals surface area contributed by atoms with E-state index in [9.17, 15) is 4.79 Å². The van der Waals surface area contributed by atoms with Crippen LogP contribution >= 0.6 is 11.6 Å². The summed E-state index contributed by atoms with van der Waals surface area (Å²) in [6.45, 7) is 3.79. The lowest BCUT2D eigenvalue weighted by Crippen LogP contribution is -1.98. The standard InChI is InChI=1S/C14H15ClN2O2/c1-9-13(14(15)17(3)16-9)8-19-12-6-4-11(5-7-12)10(2)18/h4-7H,8H2,1-3H3. The Hall–Kier alpha value is -1.81. The van der Waals surface area contributed by atoms with Crippen molar-refractivity contribution in [3.8, 4) is 5.75 Å². The van der Waals surface area contributed by atoms with Crippen LogP contribution in [0.5, 0.6) is 5.75 Å². The number of rotatable bonds is 4. The number of aryl methyl sites for hydroxylation is 2. The van der Waals surface area contributed by atoms with Crippen LogP contribution in [0, 0.1) is 6.92 Å². The number of hydrogen-bond acceptors (Lipinski definition) is 3. The first-order chi connectivity index (χ1) is 8.99. The van der Waals surface area contributed by atoms with Crippen molar-refractivity contribution in [3.05, 3.63) is 46.2 Å². The highest BCUT2D eigenvalue weighted by molar-refractivity contribution is 6.30. The van der Waals surface area contributed by atoms with Crippen LogP contribution in [0.2, 0.25) is 5.15 Å². The van der Waals surface area contributed by atoms with Gasteiger partial charge in [-0.2, -0.15) is 5.10 Å². The van der Waals surface area contributed by atoms with E-state index in [1.165, 1.54) is 6.92 Å². The maximum absolute atomic E-state index is 11.2. The second kappa shape index (κ2) is 5.45. The van der Waals surface area contributed by atoms with Crippen LogP contribution in [-0.2, 0) is 13.7 Å². The third-order valence-corrected chi connectivity index (χ3v) is 3.39. The largest absolute Gasteiger partial charge is 0.489 e. The van der Waals surface area contributed by atoms with Gasteiger partial charge in [-0.25, -0.2) is 0 Å². The van der Waals surface area contributed by atoms with Crippen LogP contribution in [0.3, 0.4) is 0 Å². The van der Waals surface area contributed by atoms with Crippen molar-refractivity contribution in [2.24, 2.45) is 7.05 Å². The van der Waals surface area contributed by atoms with Gasteiger partial charge < -0.3 is 4.74 Å². The summed E-state index contributed by atoms with van der Waals surface area (Å²) in [5, 5.41) is 4.80. The van der Waals surface area contributed by atoms with Crippen molar-refractivity contribution < 1.29 is 9.53 Å². The monoisotopic (exact) mass is 278 g/mol. The van der Waals surface area contributed by atoms with Crippen molar-refractivity contribution in [2.75, 3.05) is 0 Å². The van der Waals surface area contributed by atoms with Gasteiger partial charge in [0.25, 0.3) is 0 Å². The highest BCUT2D eigenvalue weighted by Gasteiger charge is 2.11. The minimum atomic E-state index is 0.0395. The van der Waals surface area contributed by atoms with Crippen LogP contribution < -0.4 is 4.74 Å². The minimum absolute atomic E-state index is 0.0395. The lowest BCUT2D eigenvalue weighted by Gasteiger charge is -2.06. The van der Waals surface area contributed by atoms with Gasteiger partial charge in [-0.15, -0.1) is 0 Å². The smallest absolute Gasteiger partial charge is 0.159 e. The van der Waals surface area contributed by atoms with Gasteiger partial charge in [0.2, 0.25) is 0 Å². The van der Waals surface area contributed by atoms with Crippen molar-refractivity contribution in [1.82, 2.24) is 9.78 Å². The van der Waals surface area contributed by atoms with E-state index in [2.05, 4.69) is 5.10 Å². The number of ketones is 1. The van der Waals surface area contributed by atoms with Gasteiger partial charge in [-0.1, -0.05) is 11.6 Å². The Morgan fingerprint density at radius 1 is 1.37 bits per heavy atom. The topological polar surface area (TPSA) is 44.1 Å². The summed E-state index contributed by atoms with van der Waals surface area (Å²) in [6, 6.07) is 7.04. The van der Waals surface area contributed by atoms with Crippen LogP contribution in [0.1, 0.15) is 28.5 Å². The van der Waals surface area contributed by atoms with Gasteiger partial charge in [-0.3, -0.25) is 9.48 Å². The molecule has 2 aromatic rings. The zero-order chi connectivity index (χ0) is 14.0. The molecule has 0 N–H and O–H groups in total. The van der Waals surface area contributed by atoms with E-state index in [0.29, 0.717) is 23.1 Å². The van der Waals surface area contributed by atoms with E-state index in [4.69, 9.17) is 16.3 Å². The average molecular weight is 279 g/mol. The fraction of sp³-hybridized carbons (Fsp3) is 0.286. The molecule has 0 aliphatic carbocycles. The summed E-state index contributed by atoms with van der Waals surface area (Å²) >= 11 is 6.12. The SMILES string of the molecule is CC(=O)c1ccc(OCc2c(C)nn(C)c2Cl)cc1. The predicted molar refractivity (Wildman–Crippen MR) is 73.7 cm³/mol. The Kier molecular flexibility index (Phi) is 3.90. The van der Waals surface area contributed by atoms with Gasteiger partial charge in [-0.05, 0) is 38.1 Å². The van der Waals surface area contributed by atoms with Gasteiger partial charge in [0.1, 0.15) is 17.5 Å². The van der Waals surface area contributed by atoms with Gasteiger partial charge in [0.05, 0.1) is 5.69 Å². The third-order valence-electron chi connectivity index (χ3n) is 2.91. The van der Waals surface area contributed by atoms with E-state index in [0.717, 1.165) is 11.3 Å². The fourth-order valence-electron chi connectivity index (χ4n) is 1.78. The molecule has 0 unspecified atom stereocenters. The molecule has 19 heavy (non-hydrogen) atoms. The van der Waals surface area contributed by atoms with Gasteiger partial charge in [0, 0.05) is 18.2 Å². The van der Waals surface area contributed by atoms with E-state index in [1.54, 1.807) is 36.0 Å². The Morgan fingerprint density at radius 2 is 2.00 bits per heavy atom. The molecular weight excluding hydrogens is 264 g/mol. The number of benzene rings is 1. The summed E-state index contributed by atoms with van der Waals surface area (Å²) in [4.78, 5) is 11.2. The lowest BCUT2D eigenvalue weighted by atomic mass is 10.1. The number of aromatic nitrogens is 2. The lowest BCUT2D eigenvalue weighted by molar-refractivity contribution is 0.101. The molecule has 0 saturated carbocycles. The first-order valence-corrected chi connectivity index (χ1v) is 6.28. The molecule has 0 radical (unpaired) electrons. The summed E-state index contributed by atoms with van der Waals surface area (Å²) in [5.41, 5.74) is 2.40. The summed E-state index contributed by atoms with van der Waals surface area (Å²) in [6.07, 6.45) is 0. The number of hydrogen-bond donors (Lipinski definition) is 0. The second-order valence-corrected chi connectivity index (χ2v) is 4.71. The third kappa shape index (κ3) is 2.96. The second-order valence-electron chi connectivity index (χ2n) is 4.35. The normalized spacial score (nSPS) is 10.5. The van der Waals surface area contributed by atoms with Crippen molar-refractivity contribution in [3.63, 3.8) is 0 Å². The summed E-state index contributed by atoms with van der Waals surface area (Å²) < 4.78 is 7.27. The maximum atomic E-state index is 11.2. The molecule has 1 aromatic heterocycles. The fourth-order valence-corrected chi connectivity index (χ4v) is 2.01. The molecule has 0 aliphatic rings. The Bertz CT molecular complexity index is 603. The Balaban J connectivity index is 2.08. The highest BCUT2D eigenvalue weighted by atomic mass is 35.5. The molecule has 0 amide bonds. The number of ether oxygens (including phenoxy) is 1. The first kappa shape index (κ1) is 13.6. The molecule has 0 saturated heterocycles. The molecule has 0 fully saturated rings. The first-order valence-electron chi connectivity index (χ1n) is 5.91. The average Bonchev–Trinajstić information content (AvgIpc) is 2.62. The van der Waals surface area contributed by atoms with Crippen molar-refractivity contribution >= 4 is 17.4 Å². The van der Waals surface area contributed by atoms with Crippen LogP contribution in [0.25, 0.3) is 0 Å². The summed E-state index contributed by atoms with van der Waals surface area (Å²) in [7, 11) is 1.79. The molecule has 2 rings (SSSR count). The molecule has 0 aliphatic heterocycles. The number of Topliss-reactive ketones (excluding diaryl/α,β-unsaturated/α-hetero) is 1. The molecule has 100 valence electrons. The molecule has 1 heterocycles. The number of halogens is 1. The quantitative estimate of drug-likeness (QED) is 0.807. The summed E-state index contributed by atoms with van der Waals surface area (Å²) in [5.74, 6) is 0.738. The van der Waals surface area contributed by atoms with Crippen LogP contribution in [0.15, 0.2) is 24.3 Å². The van der Waals surface area contributed by atoms with E-state index >= 15 is 0 Å². The zero-order valence-corrected chi connectivity index (χ0v) is 11.9. The zero-order valence-electron chi connectivity index (χ0n) is 11.1. The predicted octanol–water partition coefficient (Wildman–Crippen LogP) is 3.16. The maximum Gasteiger partial charge on any atom is 0.159 e. The van der Waals surface area contributed by atoms with Gasteiger partial charge in [0.15, 0.2) is 5.78 Å². The molecule has 4 nitrogen and oxygen atoms in total. The van der Waals surface area contributed by atoms with Crippen molar-refractivity contribution in [1.29, 1.82) is 0 Å². The van der Waals surface area contributed by atoms with E-state index in [-0.39, 0.29) is 5.78 Å². The van der Waals surface area contributed by atoms with Gasteiger partial charge >= 0.3 is 0 Å². The minimum Gasteiger partial charge on any atom is -0.489 e. The molecule has 0 bridgehead atoms. The number of carbonyl (C=O) groups excluding carboxylic acids is 1.